The SMILES string of the molecule is CN=C(NCc1ccc(C(F)(F)F)cc1)NC1C2CCOC2C1(C)C. The van der Waals surface area contributed by atoms with E-state index in [2.05, 4.69) is 29.5 Å². The predicted octanol–water partition coefficient (Wildman–Crippen LogP) is 3.18. The Hall–Kier alpha value is -1.76. The van der Waals surface area contributed by atoms with Crippen molar-refractivity contribution in [2.75, 3.05) is 13.7 Å². The standard InChI is InChI=1S/C18H24F3N3O/c1-17(2)14(13-8-9-25-15(13)17)24-16(22-3)23-10-11-4-6-12(7-5-11)18(19,20)21/h4-7,13-15H,8-10H2,1-3H3,(H2,22,23,24). The summed E-state index contributed by atoms with van der Waals surface area (Å²) in [6.45, 7) is 5.57. The van der Waals surface area contributed by atoms with E-state index in [0.29, 0.717) is 18.4 Å². The molecule has 0 amide bonds. The Balaban J connectivity index is 1.57. The highest BCUT2D eigenvalue weighted by atomic mass is 19.4. The number of hydrogen-bond acceptors (Lipinski definition) is 2. The lowest BCUT2D eigenvalue weighted by atomic mass is 9.57. The fraction of sp³-hybridized carbons (Fsp3) is 0.611. The van der Waals surface area contributed by atoms with Crippen LogP contribution in [0.25, 0.3) is 0 Å². The molecular formula is C18H24F3N3O. The van der Waals surface area contributed by atoms with Crippen molar-refractivity contribution >= 4 is 5.96 Å². The van der Waals surface area contributed by atoms with Crippen LogP contribution < -0.4 is 10.6 Å². The quantitative estimate of drug-likeness (QED) is 0.647. The average Bonchev–Trinajstić information content (AvgIpc) is 3.01. The minimum absolute atomic E-state index is 0.0349. The number of halogens is 3. The number of rotatable bonds is 3. The van der Waals surface area contributed by atoms with Gasteiger partial charge in [-0.15, -0.1) is 0 Å². The van der Waals surface area contributed by atoms with Crippen LogP contribution in [0.4, 0.5) is 13.2 Å². The molecular weight excluding hydrogens is 331 g/mol. The Morgan fingerprint density at radius 3 is 2.56 bits per heavy atom. The molecule has 3 unspecified atom stereocenters. The number of benzene rings is 1. The van der Waals surface area contributed by atoms with Gasteiger partial charge in [0.05, 0.1) is 11.7 Å². The number of hydrogen-bond donors (Lipinski definition) is 2. The first-order chi connectivity index (χ1) is 11.7. The summed E-state index contributed by atoms with van der Waals surface area (Å²) in [7, 11) is 1.69. The number of guanidine groups is 1. The van der Waals surface area contributed by atoms with Crippen LogP contribution in [0, 0.1) is 11.3 Å². The Labute approximate surface area is 145 Å². The van der Waals surface area contributed by atoms with Gasteiger partial charge in [-0.2, -0.15) is 13.2 Å². The van der Waals surface area contributed by atoms with Crippen molar-refractivity contribution in [3.63, 3.8) is 0 Å². The van der Waals surface area contributed by atoms with Gasteiger partial charge in [0.15, 0.2) is 5.96 Å². The van der Waals surface area contributed by atoms with Crippen molar-refractivity contribution in [3.05, 3.63) is 35.4 Å². The molecule has 25 heavy (non-hydrogen) atoms. The number of aliphatic imine (C=N–C) groups is 1. The molecule has 1 heterocycles. The third-order valence-electron chi connectivity index (χ3n) is 5.36. The summed E-state index contributed by atoms with van der Waals surface area (Å²) < 4.78 is 43.6. The van der Waals surface area contributed by atoms with E-state index >= 15 is 0 Å². The van der Waals surface area contributed by atoms with E-state index in [-0.39, 0.29) is 17.6 Å². The molecule has 3 rings (SSSR count). The molecule has 0 bridgehead atoms. The zero-order valence-corrected chi connectivity index (χ0v) is 14.7. The third kappa shape index (κ3) is 3.47. The van der Waals surface area contributed by atoms with Gasteiger partial charge in [0, 0.05) is 37.6 Å². The lowest BCUT2D eigenvalue weighted by molar-refractivity contribution is -0.137. The molecule has 1 aliphatic carbocycles. The van der Waals surface area contributed by atoms with Crippen LogP contribution in [0.3, 0.4) is 0 Å². The summed E-state index contributed by atoms with van der Waals surface area (Å²) in [6, 6.07) is 5.44. The summed E-state index contributed by atoms with van der Waals surface area (Å²) in [5, 5.41) is 6.63. The molecule has 1 saturated heterocycles. The molecule has 1 saturated carbocycles. The Morgan fingerprint density at radius 2 is 1.96 bits per heavy atom. The second-order valence-electron chi connectivity index (χ2n) is 7.31. The van der Waals surface area contributed by atoms with Crippen LogP contribution in [0.15, 0.2) is 29.3 Å². The molecule has 7 heteroatoms. The first-order valence-corrected chi connectivity index (χ1v) is 8.48. The van der Waals surface area contributed by atoms with Crippen molar-refractivity contribution in [1.29, 1.82) is 0 Å². The number of fused-ring (bicyclic) bond motifs is 1. The molecule has 138 valence electrons. The van der Waals surface area contributed by atoms with Gasteiger partial charge in [-0.3, -0.25) is 4.99 Å². The largest absolute Gasteiger partial charge is 0.416 e. The maximum atomic E-state index is 12.6. The molecule has 1 aromatic rings. The summed E-state index contributed by atoms with van der Waals surface area (Å²) in [5.74, 6) is 1.14. The zero-order chi connectivity index (χ0) is 18.2. The van der Waals surface area contributed by atoms with Crippen LogP contribution in [0.5, 0.6) is 0 Å². The van der Waals surface area contributed by atoms with Crippen LogP contribution in [0.2, 0.25) is 0 Å². The molecule has 0 spiro atoms. The maximum Gasteiger partial charge on any atom is 0.416 e. The second-order valence-corrected chi connectivity index (χ2v) is 7.31. The molecule has 1 aliphatic heterocycles. The highest BCUT2D eigenvalue weighted by Gasteiger charge is 2.59. The Kier molecular flexibility index (Phi) is 4.70. The number of alkyl halides is 3. The first kappa shape index (κ1) is 18.0. The first-order valence-electron chi connectivity index (χ1n) is 8.48. The zero-order valence-electron chi connectivity index (χ0n) is 14.7. The van der Waals surface area contributed by atoms with Crippen molar-refractivity contribution < 1.29 is 17.9 Å². The van der Waals surface area contributed by atoms with Gasteiger partial charge in [0.2, 0.25) is 0 Å². The number of ether oxygens (including phenoxy) is 1. The Bertz CT molecular complexity index is 640. The summed E-state index contributed by atoms with van der Waals surface area (Å²) in [6.07, 6.45) is -2.97. The van der Waals surface area contributed by atoms with Gasteiger partial charge < -0.3 is 15.4 Å². The lowest BCUT2D eigenvalue weighted by Gasteiger charge is -2.54. The van der Waals surface area contributed by atoms with E-state index in [4.69, 9.17) is 4.74 Å². The number of nitrogens with zero attached hydrogens (tertiary/aromatic N) is 1. The van der Waals surface area contributed by atoms with Crippen molar-refractivity contribution in [3.8, 4) is 0 Å². The maximum absolute atomic E-state index is 12.6. The van der Waals surface area contributed by atoms with Gasteiger partial charge in [0.25, 0.3) is 0 Å². The van der Waals surface area contributed by atoms with E-state index in [1.807, 2.05) is 0 Å². The molecule has 2 N–H and O–H groups in total. The van der Waals surface area contributed by atoms with Crippen molar-refractivity contribution in [2.24, 2.45) is 16.3 Å². The molecule has 0 aromatic heterocycles. The molecule has 4 nitrogen and oxygen atoms in total. The van der Waals surface area contributed by atoms with E-state index in [1.54, 1.807) is 7.05 Å². The highest BCUT2D eigenvalue weighted by Crippen LogP contribution is 2.52. The second kappa shape index (κ2) is 6.52. The molecule has 2 aliphatic rings. The van der Waals surface area contributed by atoms with E-state index in [1.165, 1.54) is 12.1 Å². The predicted molar refractivity (Wildman–Crippen MR) is 90.2 cm³/mol. The van der Waals surface area contributed by atoms with Crippen LogP contribution in [-0.4, -0.2) is 31.8 Å². The summed E-state index contributed by atoms with van der Waals surface area (Å²) >= 11 is 0. The minimum atomic E-state index is -4.31. The van der Waals surface area contributed by atoms with E-state index in [0.717, 1.165) is 30.7 Å². The van der Waals surface area contributed by atoms with E-state index in [9.17, 15) is 13.2 Å². The number of nitrogens with one attached hydrogen (secondary N) is 2. The lowest BCUT2D eigenvalue weighted by Crippen LogP contribution is -2.67. The van der Waals surface area contributed by atoms with Crippen molar-refractivity contribution in [1.82, 2.24) is 10.6 Å². The van der Waals surface area contributed by atoms with Gasteiger partial charge >= 0.3 is 6.18 Å². The average molecular weight is 355 g/mol. The topological polar surface area (TPSA) is 45.7 Å². The van der Waals surface area contributed by atoms with Crippen LogP contribution in [0.1, 0.15) is 31.4 Å². The fourth-order valence-electron chi connectivity index (χ4n) is 3.96. The smallest absolute Gasteiger partial charge is 0.377 e. The normalized spacial score (nSPS) is 28.2. The minimum Gasteiger partial charge on any atom is -0.377 e. The van der Waals surface area contributed by atoms with Gasteiger partial charge in [0.1, 0.15) is 0 Å². The van der Waals surface area contributed by atoms with Gasteiger partial charge in [-0.05, 0) is 24.1 Å². The molecule has 0 radical (unpaired) electrons. The molecule has 2 fully saturated rings. The van der Waals surface area contributed by atoms with Crippen LogP contribution >= 0.6 is 0 Å². The Morgan fingerprint density at radius 1 is 1.28 bits per heavy atom. The summed E-state index contributed by atoms with van der Waals surface area (Å²) in [5.41, 5.74) is 0.167. The fourth-order valence-corrected chi connectivity index (χ4v) is 3.96. The van der Waals surface area contributed by atoms with E-state index < -0.39 is 11.7 Å². The molecule has 3 atom stereocenters. The summed E-state index contributed by atoms with van der Waals surface area (Å²) in [4.78, 5) is 4.24. The van der Waals surface area contributed by atoms with Gasteiger partial charge in [-0.25, -0.2) is 0 Å². The van der Waals surface area contributed by atoms with Crippen molar-refractivity contribution in [2.45, 2.75) is 45.1 Å². The monoisotopic (exact) mass is 355 g/mol. The third-order valence-corrected chi connectivity index (χ3v) is 5.36. The van der Waals surface area contributed by atoms with Gasteiger partial charge in [-0.1, -0.05) is 26.0 Å². The highest BCUT2D eigenvalue weighted by molar-refractivity contribution is 5.80. The van der Waals surface area contributed by atoms with Crippen LogP contribution in [-0.2, 0) is 17.5 Å². The molecule has 1 aromatic carbocycles.